The molecule has 1 unspecified atom stereocenters. The van der Waals surface area contributed by atoms with Crippen LogP contribution in [0.5, 0.6) is 0 Å². The summed E-state index contributed by atoms with van der Waals surface area (Å²) in [6.45, 7) is 5.33. The summed E-state index contributed by atoms with van der Waals surface area (Å²) < 4.78 is 5.08. The van der Waals surface area contributed by atoms with Gasteiger partial charge in [0.2, 0.25) is 5.91 Å². The maximum Gasteiger partial charge on any atom is 0.239 e. The van der Waals surface area contributed by atoms with Crippen molar-refractivity contribution in [3.63, 3.8) is 0 Å². The second kappa shape index (κ2) is 10.6. The van der Waals surface area contributed by atoms with Crippen LogP contribution >= 0.6 is 12.4 Å². The number of methoxy groups -OCH3 is 1. The van der Waals surface area contributed by atoms with E-state index < -0.39 is 0 Å². The summed E-state index contributed by atoms with van der Waals surface area (Å²) in [5.41, 5.74) is 0. The molecule has 1 aliphatic heterocycles. The summed E-state index contributed by atoms with van der Waals surface area (Å²) in [5, 5.41) is 3.32. The molecule has 1 rings (SSSR count). The van der Waals surface area contributed by atoms with Gasteiger partial charge in [-0.3, -0.25) is 4.79 Å². The molecule has 1 aliphatic rings. The van der Waals surface area contributed by atoms with E-state index in [2.05, 4.69) is 12.2 Å². The number of hydrogen-bond donors (Lipinski definition) is 1. The lowest BCUT2D eigenvalue weighted by Gasteiger charge is -2.30. The summed E-state index contributed by atoms with van der Waals surface area (Å²) >= 11 is 0. The highest BCUT2D eigenvalue weighted by Crippen LogP contribution is 2.10. The van der Waals surface area contributed by atoms with E-state index in [9.17, 15) is 4.79 Å². The van der Waals surface area contributed by atoms with E-state index in [0.29, 0.717) is 13.2 Å². The van der Waals surface area contributed by atoms with Crippen LogP contribution in [0.25, 0.3) is 0 Å². The zero-order valence-corrected chi connectivity index (χ0v) is 12.4. The second-order valence-corrected chi connectivity index (χ2v) is 4.67. The Bertz CT molecular complexity index is 213. The number of nitrogens with zero attached hydrogens (tertiary/aromatic N) is 1. The zero-order valence-electron chi connectivity index (χ0n) is 11.6. The highest BCUT2D eigenvalue weighted by Gasteiger charge is 2.24. The molecule has 0 aliphatic carbocycles. The maximum atomic E-state index is 12.3. The summed E-state index contributed by atoms with van der Waals surface area (Å²) in [4.78, 5) is 14.3. The van der Waals surface area contributed by atoms with E-state index >= 15 is 0 Å². The minimum Gasteiger partial charge on any atom is -0.383 e. The summed E-state index contributed by atoms with van der Waals surface area (Å²) in [7, 11) is 1.68. The molecular formula is C13H27ClN2O2. The third-order valence-electron chi connectivity index (χ3n) is 3.27. The fourth-order valence-corrected chi connectivity index (χ4v) is 2.17. The summed E-state index contributed by atoms with van der Waals surface area (Å²) in [5.74, 6) is 0.259. The molecule has 4 nitrogen and oxygen atoms in total. The molecular weight excluding hydrogens is 252 g/mol. The van der Waals surface area contributed by atoms with Crippen molar-refractivity contribution in [2.75, 3.05) is 33.4 Å². The third-order valence-corrected chi connectivity index (χ3v) is 3.27. The molecule has 1 amide bonds. The van der Waals surface area contributed by atoms with Crippen LogP contribution in [0.15, 0.2) is 0 Å². The summed E-state index contributed by atoms with van der Waals surface area (Å²) in [6.07, 6.45) is 5.53. The molecule has 0 aromatic rings. The molecule has 0 radical (unpaired) electrons. The fourth-order valence-electron chi connectivity index (χ4n) is 2.17. The van der Waals surface area contributed by atoms with Crippen molar-refractivity contribution in [3.8, 4) is 0 Å². The first-order valence-corrected chi connectivity index (χ1v) is 6.80. The lowest BCUT2D eigenvalue weighted by molar-refractivity contribution is -0.134. The van der Waals surface area contributed by atoms with Gasteiger partial charge in [0.15, 0.2) is 0 Å². The number of carbonyl (C=O) groups is 1. The Morgan fingerprint density at radius 3 is 2.72 bits per heavy atom. The Morgan fingerprint density at radius 2 is 2.17 bits per heavy atom. The standard InChI is InChI=1S/C13H26N2O2.ClH/c1-3-4-9-15(10-11-17-2)13(16)12-7-5-6-8-14-12;/h12,14H,3-11H2,1-2H3;1H. The van der Waals surface area contributed by atoms with Crippen LogP contribution in [0, 0.1) is 0 Å². The first kappa shape index (κ1) is 17.7. The van der Waals surface area contributed by atoms with Gasteiger partial charge in [0.25, 0.3) is 0 Å². The van der Waals surface area contributed by atoms with Crippen LogP contribution in [0.3, 0.4) is 0 Å². The van der Waals surface area contributed by atoms with Gasteiger partial charge in [-0.15, -0.1) is 12.4 Å². The monoisotopic (exact) mass is 278 g/mol. The molecule has 1 fully saturated rings. The van der Waals surface area contributed by atoms with E-state index in [0.717, 1.165) is 38.8 Å². The molecule has 1 heterocycles. The molecule has 0 aromatic heterocycles. The number of ether oxygens (including phenoxy) is 1. The van der Waals surface area contributed by atoms with Crippen molar-refractivity contribution in [2.45, 2.75) is 45.1 Å². The lowest BCUT2D eigenvalue weighted by atomic mass is 10.0. The van der Waals surface area contributed by atoms with Crippen molar-refractivity contribution >= 4 is 18.3 Å². The fraction of sp³-hybridized carbons (Fsp3) is 0.923. The minimum atomic E-state index is 0. The Morgan fingerprint density at radius 1 is 1.39 bits per heavy atom. The van der Waals surface area contributed by atoms with E-state index in [-0.39, 0.29) is 24.4 Å². The molecule has 108 valence electrons. The van der Waals surface area contributed by atoms with E-state index in [4.69, 9.17) is 4.74 Å². The van der Waals surface area contributed by atoms with Crippen molar-refractivity contribution in [2.24, 2.45) is 0 Å². The van der Waals surface area contributed by atoms with Crippen molar-refractivity contribution in [1.29, 1.82) is 0 Å². The van der Waals surface area contributed by atoms with Gasteiger partial charge in [-0.05, 0) is 25.8 Å². The van der Waals surface area contributed by atoms with Gasteiger partial charge in [-0.25, -0.2) is 0 Å². The Labute approximate surface area is 117 Å². The van der Waals surface area contributed by atoms with E-state index in [1.54, 1.807) is 7.11 Å². The van der Waals surface area contributed by atoms with Crippen LogP contribution < -0.4 is 5.32 Å². The predicted octanol–water partition coefficient (Wildman–Crippen LogP) is 1.83. The number of halogens is 1. The van der Waals surface area contributed by atoms with Crippen molar-refractivity contribution < 1.29 is 9.53 Å². The molecule has 0 spiro atoms. The number of unbranched alkanes of at least 4 members (excludes halogenated alkanes) is 1. The predicted molar refractivity (Wildman–Crippen MR) is 76.3 cm³/mol. The van der Waals surface area contributed by atoms with Crippen LogP contribution in [0.2, 0.25) is 0 Å². The van der Waals surface area contributed by atoms with E-state index in [1.807, 2.05) is 4.90 Å². The summed E-state index contributed by atoms with van der Waals surface area (Å²) in [6, 6.07) is 0.0393. The van der Waals surface area contributed by atoms with Crippen LogP contribution in [-0.2, 0) is 9.53 Å². The molecule has 1 atom stereocenters. The average molecular weight is 279 g/mol. The number of carbonyl (C=O) groups excluding carboxylic acids is 1. The van der Waals surface area contributed by atoms with Gasteiger partial charge < -0.3 is 15.0 Å². The number of amides is 1. The molecule has 18 heavy (non-hydrogen) atoms. The maximum absolute atomic E-state index is 12.3. The Hall–Kier alpha value is -0.320. The van der Waals surface area contributed by atoms with Crippen molar-refractivity contribution in [1.82, 2.24) is 10.2 Å². The Kier molecular flexibility index (Phi) is 10.4. The van der Waals surface area contributed by atoms with E-state index in [1.165, 1.54) is 6.42 Å². The Balaban J connectivity index is 0.00000289. The largest absolute Gasteiger partial charge is 0.383 e. The lowest BCUT2D eigenvalue weighted by Crippen LogP contribution is -2.49. The average Bonchev–Trinajstić information content (AvgIpc) is 2.39. The topological polar surface area (TPSA) is 41.6 Å². The van der Waals surface area contributed by atoms with Gasteiger partial charge in [-0.2, -0.15) is 0 Å². The van der Waals surface area contributed by atoms with Crippen LogP contribution in [-0.4, -0.2) is 50.2 Å². The van der Waals surface area contributed by atoms with Crippen LogP contribution in [0.1, 0.15) is 39.0 Å². The molecule has 0 aromatic carbocycles. The normalized spacial score (nSPS) is 19.1. The highest BCUT2D eigenvalue weighted by atomic mass is 35.5. The number of hydrogen-bond acceptors (Lipinski definition) is 3. The van der Waals surface area contributed by atoms with Crippen LogP contribution in [0.4, 0.5) is 0 Å². The smallest absolute Gasteiger partial charge is 0.239 e. The third kappa shape index (κ3) is 6.03. The first-order chi connectivity index (χ1) is 8.29. The van der Waals surface area contributed by atoms with Gasteiger partial charge in [-0.1, -0.05) is 19.8 Å². The molecule has 1 N–H and O–H groups in total. The van der Waals surface area contributed by atoms with Gasteiger partial charge in [0, 0.05) is 20.2 Å². The molecule has 5 heteroatoms. The first-order valence-electron chi connectivity index (χ1n) is 6.80. The minimum absolute atomic E-state index is 0. The number of nitrogens with one attached hydrogen (secondary N) is 1. The number of rotatable bonds is 7. The molecule has 0 bridgehead atoms. The van der Waals surface area contributed by atoms with Gasteiger partial charge in [0.1, 0.15) is 0 Å². The second-order valence-electron chi connectivity index (χ2n) is 4.67. The molecule has 1 saturated heterocycles. The van der Waals surface area contributed by atoms with Gasteiger partial charge in [0.05, 0.1) is 12.6 Å². The quantitative estimate of drug-likeness (QED) is 0.772. The zero-order chi connectivity index (χ0) is 12.5. The van der Waals surface area contributed by atoms with Crippen molar-refractivity contribution in [3.05, 3.63) is 0 Å². The SMILES string of the molecule is CCCCN(CCOC)C(=O)C1CCCCN1.Cl. The van der Waals surface area contributed by atoms with Gasteiger partial charge >= 0.3 is 0 Å². The molecule has 0 saturated carbocycles. The highest BCUT2D eigenvalue weighted by molar-refractivity contribution is 5.85. The number of piperidine rings is 1.